The van der Waals surface area contributed by atoms with Crippen LogP contribution in [0.5, 0.6) is 0 Å². The lowest BCUT2D eigenvalue weighted by atomic mass is 10.2. The first-order valence-electron chi connectivity index (χ1n) is 6.36. The molecule has 0 saturated heterocycles. The minimum Gasteiger partial charge on any atom is -0.384 e. The van der Waals surface area contributed by atoms with Crippen molar-refractivity contribution < 1.29 is 9.90 Å². The zero-order valence-corrected chi connectivity index (χ0v) is 11.6. The molecule has 0 unspecified atom stereocenters. The van der Waals surface area contributed by atoms with Crippen LogP contribution in [0.15, 0.2) is 24.8 Å². The van der Waals surface area contributed by atoms with Gasteiger partial charge in [0.25, 0.3) is 5.91 Å². The highest BCUT2D eigenvalue weighted by atomic mass is 16.2. The van der Waals surface area contributed by atoms with Gasteiger partial charge in [0.1, 0.15) is 12.9 Å². The quantitative estimate of drug-likeness (QED) is 0.741. The average molecular weight is 285 g/mol. The highest BCUT2D eigenvalue weighted by Crippen LogP contribution is 2.01. The van der Waals surface area contributed by atoms with Crippen molar-refractivity contribution in [2.45, 2.75) is 6.42 Å². The van der Waals surface area contributed by atoms with Crippen molar-refractivity contribution in [3.8, 4) is 11.8 Å². The summed E-state index contributed by atoms with van der Waals surface area (Å²) in [4.78, 5) is 20.0. The molecular formula is C14H15N5O2. The van der Waals surface area contributed by atoms with Crippen LogP contribution in [0.4, 0.5) is 0 Å². The van der Waals surface area contributed by atoms with Crippen LogP contribution in [0.25, 0.3) is 0 Å². The molecule has 0 aromatic carbocycles. The number of hydrogen-bond donors (Lipinski definition) is 2. The van der Waals surface area contributed by atoms with Crippen molar-refractivity contribution in [2.75, 3.05) is 13.2 Å². The molecule has 2 aromatic rings. The Labute approximate surface area is 122 Å². The summed E-state index contributed by atoms with van der Waals surface area (Å²) < 4.78 is 1.62. The maximum atomic E-state index is 12.0. The maximum Gasteiger partial charge on any atom is 0.252 e. The van der Waals surface area contributed by atoms with Gasteiger partial charge in [-0.1, -0.05) is 11.8 Å². The molecule has 2 N–H and O–H groups in total. The highest BCUT2D eigenvalue weighted by Gasteiger charge is 2.07. The third-order valence-electron chi connectivity index (χ3n) is 2.59. The van der Waals surface area contributed by atoms with E-state index in [0.717, 1.165) is 0 Å². The van der Waals surface area contributed by atoms with E-state index in [1.807, 2.05) is 0 Å². The van der Waals surface area contributed by atoms with E-state index in [0.29, 0.717) is 29.9 Å². The molecule has 7 nitrogen and oxygen atoms in total. The minimum absolute atomic E-state index is 0.229. The van der Waals surface area contributed by atoms with Crippen LogP contribution in [0.3, 0.4) is 0 Å². The van der Waals surface area contributed by atoms with E-state index in [1.54, 1.807) is 24.1 Å². The van der Waals surface area contributed by atoms with Gasteiger partial charge in [-0.2, -0.15) is 5.10 Å². The molecule has 21 heavy (non-hydrogen) atoms. The van der Waals surface area contributed by atoms with Gasteiger partial charge < -0.3 is 10.4 Å². The second-order valence-electron chi connectivity index (χ2n) is 4.26. The Bertz CT molecular complexity index is 684. The van der Waals surface area contributed by atoms with Crippen molar-refractivity contribution in [1.29, 1.82) is 0 Å². The standard InChI is InChI=1S/C14H15N5O2/c1-19-10-17-13(18-19)4-5-16-14(21)12-7-11(3-2-6-20)8-15-9-12/h7-10,20H,4-6H2,1H3,(H,16,21). The number of hydrogen-bond acceptors (Lipinski definition) is 5. The monoisotopic (exact) mass is 285 g/mol. The van der Waals surface area contributed by atoms with Gasteiger partial charge in [0.05, 0.1) is 5.56 Å². The summed E-state index contributed by atoms with van der Waals surface area (Å²) in [6.07, 6.45) is 5.18. The molecule has 1 amide bonds. The molecule has 0 saturated carbocycles. The lowest BCUT2D eigenvalue weighted by Crippen LogP contribution is -2.26. The van der Waals surface area contributed by atoms with E-state index in [2.05, 4.69) is 32.2 Å². The van der Waals surface area contributed by atoms with Crippen molar-refractivity contribution in [1.82, 2.24) is 25.1 Å². The van der Waals surface area contributed by atoms with Crippen molar-refractivity contribution >= 4 is 5.91 Å². The third-order valence-corrected chi connectivity index (χ3v) is 2.59. The molecule has 7 heteroatoms. The fourth-order valence-corrected chi connectivity index (χ4v) is 1.66. The Kier molecular flexibility index (Phi) is 5.01. The number of pyridine rings is 1. The molecule has 0 radical (unpaired) electrons. The summed E-state index contributed by atoms with van der Waals surface area (Å²) in [6, 6.07) is 1.63. The number of nitrogens with zero attached hydrogens (tertiary/aromatic N) is 4. The zero-order valence-electron chi connectivity index (χ0n) is 11.6. The van der Waals surface area contributed by atoms with Crippen LogP contribution in [0, 0.1) is 11.8 Å². The van der Waals surface area contributed by atoms with Gasteiger partial charge in [0.15, 0.2) is 5.82 Å². The SMILES string of the molecule is Cn1cnc(CCNC(=O)c2cncc(C#CCO)c2)n1. The maximum absolute atomic E-state index is 12.0. The van der Waals surface area contributed by atoms with Crippen molar-refractivity contribution in [3.63, 3.8) is 0 Å². The second-order valence-corrected chi connectivity index (χ2v) is 4.26. The van der Waals surface area contributed by atoms with E-state index in [9.17, 15) is 4.79 Å². The second kappa shape index (κ2) is 7.17. The summed E-state index contributed by atoms with van der Waals surface area (Å²) in [6.45, 7) is 0.211. The molecule has 0 aliphatic rings. The van der Waals surface area contributed by atoms with Crippen molar-refractivity contribution in [2.24, 2.45) is 7.05 Å². The summed E-state index contributed by atoms with van der Waals surface area (Å²) in [5.74, 6) is 5.67. The molecular weight excluding hydrogens is 270 g/mol. The molecule has 0 bridgehead atoms. The third kappa shape index (κ3) is 4.40. The fraction of sp³-hybridized carbons (Fsp3) is 0.286. The Balaban J connectivity index is 1.91. The van der Waals surface area contributed by atoms with Gasteiger partial charge in [0, 0.05) is 38.0 Å². The van der Waals surface area contributed by atoms with E-state index < -0.39 is 0 Å². The number of aromatic nitrogens is 4. The Morgan fingerprint density at radius 2 is 2.33 bits per heavy atom. The van der Waals surface area contributed by atoms with Gasteiger partial charge in [-0.25, -0.2) is 4.98 Å². The first-order valence-corrected chi connectivity index (χ1v) is 6.36. The fourth-order valence-electron chi connectivity index (χ4n) is 1.66. The van der Waals surface area contributed by atoms with Crippen LogP contribution in [0.2, 0.25) is 0 Å². The summed E-state index contributed by atoms with van der Waals surface area (Å²) in [5.41, 5.74) is 1.01. The predicted molar refractivity (Wildman–Crippen MR) is 75.2 cm³/mol. The smallest absolute Gasteiger partial charge is 0.252 e. The molecule has 2 rings (SSSR count). The minimum atomic E-state index is -0.230. The summed E-state index contributed by atoms with van der Waals surface area (Å²) in [7, 11) is 1.79. The first-order chi connectivity index (χ1) is 10.2. The Morgan fingerprint density at radius 3 is 3.05 bits per heavy atom. The lowest BCUT2D eigenvalue weighted by molar-refractivity contribution is 0.0953. The summed E-state index contributed by atoms with van der Waals surface area (Å²) in [5, 5.41) is 15.5. The molecule has 0 aliphatic carbocycles. The number of carbonyl (C=O) groups is 1. The van der Waals surface area contributed by atoms with E-state index in [4.69, 9.17) is 5.11 Å². The van der Waals surface area contributed by atoms with Gasteiger partial charge in [-0.05, 0) is 6.07 Å². The van der Waals surface area contributed by atoms with E-state index in [-0.39, 0.29) is 12.5 Å². The Morgan fingerprint density at radius 1 is 1.48 bits per heavy atom. The van der Waals surface area contributed by atoms with Crippen molar-refractivity contribution in [3.05, 3.63) is 41.7 Å². The molecule has 0 fully saturated rings. The average Bonchev–Trinajstić information content (AvgIpc) is 2.91. The van der Waals surface area contributed by atoms with E-state index >= 15 is 0 Å². The number of amides is 1. The van der Waals surface area contributed by atoms with Gasteiger partial charge in [0.2, 0.25) is 0 Å². The normalized spacial score (nSPS) is 9.81. The number of carbonyl (C=O) groups excluding carboxylic acids is 1. The molecule has 0 atom stereocenters. The topological polar surface area (TPSA) is 92.9 Å². The number of aryl methyl sites for hydroxylation is 1. The van der Waals surface area contributed by atoms with Crippen LogP contribution < -0.4 is 5.32 Å². The first kappa shape index (κ1) is 14.7. The van der Waals surface area contributed by atoms with Crippen LogP contribution in [-0.4, -0.2) is 43.9 Å². The number of rotatable bonds is 4. The predicted octanol–water partition coefficient (Wildman–Crippen LogP) is -0.474. The molecule has 108 valence electrons. The van der Waals surface area contributed by atoms with E-state index in [1.165, 1.54) is 12.4 Å². The summed E-state index contributed by atoms with van der Waals surface area (Å²) >= 11 is 0. The van der Waals surface area contributed by atoms with Crippen LogP contribution in [0.1, 0.15) is 21.7 Å². The largest absolute Gasteiger partial charge is 0.384 e. The van der Waals surface area contributed by atoms with Crippen LogP contribution >= 0.6 is 0 Å². The number of aliphatic hydroxyl groups excluding tert-OH is 1. The van der Waals surface area contributed by atoms with Gasteiger partial charge >= 0.3 is 0 Å². The highest BCUT2D eigenvalue weighted by molar-refractivity contribution is 5.94. The molecule has 0 aliphatic heterocycles. The number of aliphatic hydroxyl groups is 1. The van der Waals surface area contributed by atoms with Crippen LogP contribution in [-0.2, 0) is 13.5 Å². The number of nitrogens with one attached hydrogen (secondary N) is 1. The lowest BCUT2D eigenvalue weighted by Gasteiger charge is -2.03. The zero-order chi connectivity index (χ0) is 15.1. The van der Waals surface area contributed by atoms with Gasteiger partial charge in [-0.15, -0.1) is 0 Å². The molecule has 2 aromatic heterocycles. The molecule has 2 heterocycles. The molecule has 0 spiro atoms. The Hall–Kier alpha value is -2.72. The van der Waals surface area contributed by atoms with Gasteiger partial charge in [-0.3, -0.25) is 14.5 Å².